The first-order valence-corrected chi connectivity index (χ1v) is 6.46. The smallest absolute Gasteiger partial charge is 0.106 e. The molecular weight excluding hydrogens is 268 g/mol. The maximum atomic E-state index is 5.71. The van der Waals surface area contributed by atoms with E-state index in [-0.39, 0.29) is 0 Å². The summed E-state index contributed by atoms with van der Waals surface area (Å²) in [4.78, 5) is 4.21. The van der Waals surface area contributed by atoms with E-state index in [9.17, 15) is 0 Å². The number of halogens is 1. The van der Waals surface area contributed by atoms with Gasteiger partial charge in [-0.2, -0.15) is 0 Å². The van der Waals surface area contributed by atoms with Gasteiger partial charge in [-0.1, -0.05) is 0 Å². The first-order chi connectivity index (χ1) is 7.63. The molecule has 4 heteroatoms. The van der Waals surface area contributed by atoms with E-state index in [2.05, 4.69) is 40.1 Å². The lowest BCUT2D eigenvalue weighted by Crippen LogP contribution is -2.36. The summed E-state index contributed by atoms with van der Waals surface area (Å²) in [6.07, 6.45) is 4.64. The summed E-state index contributed by atoms with van der Waals surface area (Å²) in [5.74, 6) is 0. The Bertz CT molecular complexity index is 331. The summed E-state index contributed by atoms with van der Waals surface area (Å²) >= 11 is 3.33. The molecular formula is C12H17BrN2O. The average molecular weight is 285 g/mol. The van der Waals surface area contributed by atoms with Gasteiger partial charge in [0.25, 0.3) is 0 Å². The van der Waals surface area contributed by atoms with Crippen LogP contribution >= 0.6 is 15.9 Å². The molecule has 2 rings (SSSR count). The topological polar surface area (TPSA) is 34.2 Å². The van der Waals surface area contributed by atoms with Crippen molar-refractivity contribution in [1.82, 2.24) is 4.98 Å². The van der Waals surface area contributed by atoms with Crippen molar-refractivity contribution in [3.8, 4) is 0 Å². The van der Waals surface area contributed by atoms with Gasteiger partial charge in [0.2, 0.25) is 0 Å². The van der Waals surface area contributed by atoms with E-state index >= 15 is 0 Å². The van der Waals surface area contributed by atoms with Gasteiger partial charge in [0, 0.05) is 6.04 Å². The molecule has 2 heterocycles. The SMILES string of the molecule is CC1CC(Nc2ccc(Br)nc2)CC(C)O1. The lowest BCUT2D eigenvalue weighted by molar-refractivity contribution is -0.0337. The zero-order valence-corrected chi connectivity index (χ0v) is 11.2. The third-order valence-corrected chi connectivity index (χ3v) is 3.26. The molecule has 0 aliphatic carbocycles. The minimum Gasteiger partial charge on any atom is -0.381 e. The molecule has 0 aromatic carbocycles. The van der Waals surface area contributed by atoms with Crippen molar-refractivity contribution in [1.29, 1.82) is 0 Å². The van der Waals surface area contributed by atoms with Gasteiger partial charge in [-0.15, -0.1) is 0 Å². The third-order valence-electron chi connectivity index (χ3n) is 2.80. The predicted molar refractivity (Wildman–Crippen MR) is 68.6 cm³/mol. The quantitative estimate of drug-likeness (QED) is 0.847. The van der Waals surface area contributed by atoms with Crippen LogP contribution in [0.2, 0.25) is 0 Å². The van der Waals surface area contributed by atoms with Gasteiger partial charge in [-0.25, -0.2) is 4.98 Å². The Morgan fingerprint density at radius 1 is 1.31 bits per heavy atom. The van der Waals surface area contributed by atoms with E-state index < -0.39 is 0 Å². The Morgan fingerprint density at radius 2 is 2.00 bits per heavy atom. The van der Waals surface area contributed by atoms with Gasteiger partial charge in [0.1, 0.15) is 4.60 Å². The van der Waals surface area contributed by atoms with Gasteiger partial charge in [-0.3, -0.25) is 0 Å². The Balaban J connectivity index is 1.96. The molecule has 16 heavy (non-hydrogen) atoms. The van der Waals surface area contributed by atoms with E-state index in [0.29, 0.717) is 18.2 Å². The number of pyridine rings is 1. The van der Waals surface area contributed by atoms with Crippen LogP contribution in [-0.2, 0) is 4.74 Å². The lowest BCUT2D eigenvalue weighted by Gasteiger charge is -2.33. The molecule has 0 amide bonds. The van der Waals surface area contributed by atoms with Crippen molar-refractivity contribution < 1.29 is 4.74 Å². The molecule has 1 N–H and O–H groups in total. The minimum absolute atomic E-state index is 0.338. The number of hydrogen-bond donors (Lipinski definition) is 1. The third kappa shape index (κ3) is 3.19. The van der Waals surface area contributed by atoms with Crippen LogP contribution in [0.25, 0.3) is 0 Å². The number of nitrogens with zero attached hydrogens (tertiary/aromatic N) is 1. The Hall–Kier alpha value is -0.610. The second-order valence-electron chi connectivity index (χ2n) is 4.44. The summed E-state index contributed by atoms with van der Waals surface area (Å²) in [5.41, 5.74) is 1.08. The summed E-state index contributed by atoms with van der Waals surface area (Å²) < 4.78 is 6.58. The van der Waals surface area contributed by atoms with Crippen molar-refractivity contribution in [2.24, 2.45) is 0 Å². The highest BCUT2D eigenvalue weighted by atomic mass is 79.9. The predicted octanol–water partition coefficient (Wildman–Crippen LogP) is 3.21. The van der Waals surface area contributed by atoms with Gasteiger partial charge < -0.3 is 10.1 Å². The van der Waals surface area contributed by atoms with Crippen LogP contribution in [0, 0.1) is 0 Å². The van der Waals surface area contributed by atoms with Crippen LogP contribution < -0.4 is 5.32 Å². The Labute approximate surface area is 105 Å². The Morgan fingerprint density at radius 3 is 2.56 bits per heavy atom. The lowest BCUT2D eigenvalue weighted by atomic mass is 10.00. The highest BCUT2D eigenvalue weighted by Crippen LogP contribution is 2.22. The maximum Gasteiger partial charge on any atom is 0.106 e. The molecule has 88 valence electrons. The molecule has 0 bridgehead atoms. The highest BCUT2D eigenvalue weighted by Gasteiger charge is 2.24. The normalized spacial score (nSPS) is 30.1. The van der Waals surface area contributed by atoms with Gasteiger partial charge in [-0.05, 0) is 54.8 Å². The second-order valence-corrected chi connectivity index (χ2v) is 5.25. The van der Waals surface area contributed by atoms with Gasteiger partial charge in [0.15, 0.2) is 0 Å². The van der Waals surface area contributed by atoms with E-state index in [1.165, 1.54) is 0 Å². The van der Waals surface area contributed by atoms with E-state index in [0.717, 1.165) is 23.1 Å². The molecule has 0 spiro atoms. The molecule has 0 radical (unpaired) electrons. The Kier molecular flexibility index (Phi) is 3.82. The van der Waals surface area contributed by atoms with Crippen LogP contribution in [-0.4, -0.2) is 23.2 Å². The molecule has 3 nitrogen and oxygen atoms in total. The van der Waals surface area contributed by atoms with Crippen LogP contribution in [0.15, 0.2) is 22.9 Å². The number of nitrogens with one attached hydrogen (secondary N) is 1. The molecule has 0 saturated carbocycles. The molecule has 1 saturated heterocycles. The van der Waals surface area contributed by atoms with Crippen LogP contribution in [0.3, 0.4) is 0 Å². The highest BCUT2D eigenvalue weighted by molar-refractivity contribution is 9.10. The van der Waals surface area contributed by atoms with Crippen molar-refractivity contribution in [2.75, 3.05) is 5.32 Å². The zero-order valence-electron chi connectivity index (χ0n) is 9.61. The van der Waals surface area contributed by atoms with E-state index in [1.807, 2.05) is 18.3 Å². The van der Waals surface area contributed by atoms with Gasteiger partial charge >= 0.3 is 0 Å². The van der Waals surface area contributed by atoms with Crippen molar-refractivity contribution in [2.45, 2.75) is 44.9 Å². The van der Waals surface area contributed by atoms with Crippen molar-refractivity contribution in [3.63, 3.8) is 0 Å². The van der Waals surface area contributed by atoms with Crippen LogP contribution in [0.1, 0.15) is 26.7 Å². The van der Waals surface area contributed by atoms with Gasteiger partial charge in [0.05, 0.1) is 24.1 Å². The van der Waals surface area contributed by atoms with Crippen molar-refractivity contribution in [3.05, 3.63) is 22.9 Å². The number of anilines is 1. The molecule has 1 aliphatic rings. The first-order valence-electron chi connectivity index (χ1n) is 5.67. The summed E-state index contributed by atoms with van der Waals surface area (Å²) in [6, 6.07) is 4.48. The largest absolute Gasteiger partial charge is 0.381 e. The number of hydrogen-bond acceptors (Lipinski definition) is 3. The molecule has 2 atom stereocenters. The first kappa shape index (κ1) is 11.9. The summed E-state index contributed by atoms with van der Waals surface area (Å²) in [5, 5.41) is 3.51. The molecule has 1 aromatic heterocycles. The number of ether oxygens (including phenoxy) is 1. The monoisotopic (exact) mass is 284 g/mol. The van der Waals surface area contributed by atoms with Crippen LogP contribution in [0.4, 0.5) is 5.69 Å². The number of aromatic nitrogens is 1. The molecule has 1 fully saturated rings. The fraction of sp³-hybridized carbons (Fsp3) is 0.583. The maximum absolute atomic E-state index is 5.71. The number of rotatable bonds is 2. The summed E-state index contributed by atoms with van der Waals surface area (Å²) in [7, 11) is 0. The minimum atomic E-state index is 0.338. The van der Waals surface area contributed by atoms with E-state index in [1.54, 1.807) is 0 Å². The molecule has 1 aliphatic heterocycles. The van der Waals surface area contributed by atoms with E-state index in [4.69, 9.17) is 4.74 Å². The second kappa shape index (κ2) is 5.15. The standard InChI is InChI=1S/C12H17BrN2O/c1-8-5-11(6-9(2)16-8)15-10-3-4-12(13)14-7-10/h3-4,7-9,11,15H,5-6H2,1-2H3. The fourth-order valence-corrected chi connectivity index (χ4v) is 2.45. The summed E-state index contributed by atoms with van der Waals surface area (Å²) in [6.45, 7) is 4.26. The average Bonchev–Trinajstić information content (AvgIpc) is 2.20. The zero-order chi connectivity index (χ0) is 11.5. The van der Waals surface area contributed by atoms with Crippen molar-refractivity contribution >= 4 is 21.6 Å². The van der Waals surface area contributed by atoms with Crippen LogP contribution in [0.5, 0.6) is 0 Å². The molecule has 1 aromatic rings. The fourth-order valence-electron chi connectivity index (χ4n) is 2.22. The molecule has 2 unspecified atom stereocenters.